The summed E-state index contributed by atoms with van der Waals surface area (Å²) in [5, 5.41) is 35.4. The van der Waals surface area contributed by atoms with Gasteiger partial charge in [0.15, 0.2) is 0 Å². The number of benzene rings is 1. The largest absolute Gasteiger partial charge is 0.508 e. The first kappa shape index (κ1) is 29.6. The lowest BCUT2D eigenvalue weighted by atomic mass is 10.0. The molecule has 0 spiro atoms. The lowest BCUT2D eigenvalue weighted by Crippen LogP contribution is -2.58. The Labute approximate surface area is 217 Å². The van der Waals surface area contributed by atoms with Gasteiger partial charge < -0.3 is 42.0 Å². The zero-order chi connectivity index (χ0) is 27.4. The Hall–Kier alpha value is -3.62. The van der Waals surface area contributed by atoms with Crippen molar-refractivity contribution >= 4 is 35.5 Å². The molecule has 9 N–H and O–H groups in total. The van der Waals surface area contributed by atoms with E-state index in [1.165, 1.54) is 36.4 Å². The summed E-state index contributed by atoms with van der Waals surface area (Å²) in [6, 6.07) is 1.12. The number of H-pyrrole nitrogens is 1. The fourth-order valence-electron chi connectivity index (χ4n) is 3.32. The lowest BCUT2D eigenvalue weighted by Gasteiger charge is -2.25. The summed E-state index contributed by atoms with van der Waals surface area (Å²) in [4.78, 5) is 56.8. The van der Waals surface area contributed by atoms with Crippen molar-refractivity contribution in [2.75, 3.05) is 18.6 Å². The van der Waals surface area contributed by atoms with Gasteiger partial charge >= 0.3 is 5.97 Å². The van der Waals surface area contributed by atoms with Crippen LogP contribution in [0.1, 0.15) is 17.7 Å². The number of aliphatic carboxylic acids is 1. The standard InChI is InChI=1S/C23H32N6O7S/c1-37-7-6-17(27-20(32)16(24)9-14-10-25-12-26-14)21(33)28-18(8-13-2-4-15(31)5-3-13)22(34)29-19(11-30)23(35)36/h2-5,10,12,16-19,30-31H,6-9,11,24H2,1H3,(H,25,26)(H,27,32)(H,28,33)(H,29,34)(H,35,36). The number of carbonyl (C=O) groups excluding carboxylic acids is 3. The van der Waals surface area contributed by atoms with E-state index >= 15 is 0 Å². The number of nitrogens with two attached hydrogens (primary N) is 1. The molecule has 2 rings (SSSR count). The number of carboxylic acid groups (broad SMARTS) is 1. The number of carboxylic acids is 1. The Kier molecular flexibility index (Phi) is 11.9. The molecular formula is C23H32N6O7S. The Balaban J connectivity index is 2.17. The summed E-state index contributed by atoms with van der Waals surface area (Å²) >= 11 is 1.46. The Bertz CT molecular complexity index is 1030. The minimum Gasteiger partial charge on any atom is -0.508 e. The minimum absolute atomic E-state index is 0.00585. The molecule has 0 fully saturated rings. The average molecular weight is 537 g/mol. The van der Waals surface area contributed by atoms with Crippen LogP contribution in [0.5, 0.6) is 5.75 Å². The third kappa shape index (κ3) is 9.74. The van der Waals surface area contributed by atoms with Gasteiger partial charge in [0, 0.05) is 24.7 Å². The quantitative estimate of drug-likeness (QED) is 0.132. The van der Waals surface area contributed by atoms with Gasteiger partial charge in [-0.15, -0.1) is 0 Å². The third-order valence-corrected chi connectivity index (χ3v) is 6.03. The SMILES string of the molecule is CSCCC(NC(=O)C(N)Cc1cnc[nH]1)C(=O)NC(Cc1ccc(O)cc1)C(=O)NC(CO)C(=O)O. The molecule has 202 valence electrons. The first-order valence-electron chi connectivity index (χ1n) is 11.4. The number of aromatic amines is 1. The van der Waals surface area contributed by atoms with E-state index in [-0.39, 0.29) is 25.0 Å². The summed E-state index contributed by atoms with van der Waals surface area (Å²) in [5.41, 5.74) is 7.21. The summed E-state index contributed by atoms with van der Waals surface area (Å²) in [6.07, 6.45) is 5.21. The van der Waals surface area contributed by atoms with Gasteiger partial charge in [0.25, 0.3) is 0 Å². The van der Waals surface area contributed by atoms with E-state index in [1.807, 2.05) is 6.26 Å². The number of aliphatic hydroxyl groups excluding tert-OH is 1. The van der Waals surface area contributed by atoms with Crippen molar-refractivity contribution in [1.82, 2.24) is 25.9 Å². The van der Waals surface area contributed by atoms with Crippen molar-refractivity contribution in [2.24, 2.45) is 5.73 Å². The van der Waals surface area contributed by atoms with Gasteiger partial charge in [-0.2, -0.15) is 11.8 Å². The van der Waals surface area contributed by atoms with Crippen molar-refractivity contribution in [3.05, 3.63) is 48.0 Å². The van der Waals surface area contributed by atoms with Crippen LogP contribution in [0, 0.1) is 0 Å². The smallest absolute Gasteiger partial charge is 0.328 e. The van der Waals surface area contributed by atoms with Crippen LogP contribution >= 0.6 is 11.8 Å². The average Bonchev–Trinajstić information content (AvgIpc) is 3.38. The number of aliphatic hydroxyl groups is 1. The van der Waals surface area contributed by atoms with E-state index in [0.717, 1.165) is 0 Å². The van der Waals surface area contributed by atoms with Gasteiger partial charge in [-0.3, -0.25) is 14.4 Å². The highest BCUT2D eigenvalue weighted by molar-refractivity contribution is 7.98. The van der Waals surface area contributed by atoms with Crippen molar-refractivity contribution in [3.63, 3.8) is 0 Å². The molecule has 0 aliphatic rings. The highest BCUT2D eigenvalue weighted by Gasteiger charge is 2.30. The summed E-state index contributed by atoms with van der Waals surface area (Å²) in [5.74, 6) is -2.98. The molecule has 1 aromatic heterocycles. The fourth-order valence-corrected chi connectivity index (χ4v) is 3.79. The number of phenolic OH excluding ortho intramolecular Hbond substituents is 1. The molecule has 13 nitrogen and oxygen atoms in total. The number of hydrogen-bond donors (Lipinski definition) is 8. The molecule has 3 amide bonds. The van der Waals surface area contributed by atoms with Gasteiger partial charge in [-0.1, -0.05) is 12.1 Å². The molecule has 4 unspecified atom stereocenters. The van der Waals surface area contributed by atoms with Crippen LogP contribution in [0.25, 0.3) is 0 Å². The Morgan fingerprint density at radius 3 is 2.19 bits per heavy atom. The number of carbonyl (C=O) groups is 4. The molecule has 4 atom stereocenters. The number of nitrogens with zero attached hydrogens (tertiary/aromatic N) is 1. The number of rotatable bonds is 15. The highest BCUT2D eigenvalue weighted by atomic mass is 32.2. The van der Waals surface area contributed by atoms with Gasteiger partial charge in [0.1, 0.15) is 23.9 Å². The fraction of sp³-hybridized carbons (Fsp3) is 0.435. The number of nitrogens with one attached hydrogen (secondary N) is 4. The summed E-state index contributed by atoms with van der Waals surface area (Å²) in [6.45, 7) is -0.846. The van der Waals surface area contributed by atoms with Crippen LogP contribution in [-0.2, 0) is 32.0 Å². The van der Waals surface area contributed by atoms with Crippen LogP contribution in [0.15, 0.2) is 36.8 Å². The minimum atomic E-state index is -1.57. The monoisotopic (exact) mass is 536 g/mol. The molecular weight excluding hydrogens is 504 g/mol. The van der Waals surface area contributed by atoms with Crippen LogP contribution in [-0.4, -0.2) is 91.8 Å². The van der Waals surface area contributed by atoms with E-state index < -0.39 is 54.5 Å². The van der Waals surface area contributed by atoms with Crippen LogP contribution in [0.3, 0.4) is 0 Å². The molecule has 37 heavy (non-hydrogen) atoms. The molecule has 1 heterocycles. The topological polar surface area (TPSA) is 220 Å². The maximum Gasteiger partial charge on any atom is 0.328 e. The molecule has 0 saturated heterocycles. The number of amides is 3. The number of hydrogen-bond acceptors (Lipinski definition) is 9. The Morgan fingerprint density at radius 2 is 1.62 bits per heavy atom. The number of phenols is 1. The maximum absolute atomic E-state index is 13.2. The first-order chi connectivity index (χ1) is 17.6. The second-order valence-corrected chi connectivity index (χ2v) is 9.23. The summed E-state index contributed by atoms with van der Waals surface area (Å²) < 4.78 is 0. The zero-order valence-electron chi connectivity index (χ0n) is 20.2. The summed E-state index contributed by atoms with van der Waals surface area (Å²) in [7, 11) is 0. The number of thioether (sulfide) groups is 1. The predicted octanol–water partition coefficient (Wildman–Crippen LogP) is -1.49. The van der Waals surface area contributed by atoms with Crippen molar-refractivity contribution < 1.29 is 34.5 Å². The molecule has 0 radical (unpaired) electrons. The number of aromatic nitrogens is 2. The van der Waals surface area contributed by atoms with E-state index in [0.29, 0.717) is 17.0 Å². The molecule has 0 aliphatic carbocycles. The maximum atomic E-state index is 13.2. The van der Waals surface area contributed by atoms with E-state index in [4.69, 9.17) is 5.73 Å². The number of aromatic hydroxyl groups is 1. The molecule has 2 aromatic rings. The second-order valence-electron chi connectivity index (χ2n) is 8.24. The number of imidazole rings is 1. The molecule has 0 aliphatic heterocycles. The molecule has 14 heteroatoms. The van der Waals surface area contributed by atoms with Crippen LogP contribution < -0.4 is 21.7 Å². The van der Waals surface area contributed by atoms with Gasteiger partial charge in [-0.25, -0.2) is 9.78 Å². The van der Waals surface area contributed by atoms with Crippen molar-refractivity contribution in [3.8, 4) is 5.75 Å². The van der Waals surface area contributed by atoms with Gasteiger partial charge in [-0.05, 0) is 36.1 Å². The van der Waals surface area contributed by atoms with Crippen LogP contribution in [0.4, 0.5) is 0 Å². The van der Waals surface area contributed by atoms with Crippen molar-refractivity contribution in [2.45, 2.75) is 43.4 Å². The molecule has 0 saturated carbocycles. The highest BCUT2D eigenvalue weighted by Crippen LogP contribution is 2.12. The van der Waals surface area contributed by atoms with Gasteiger partial charge in [0.2, 0.25) is 17.7 Å². The van der Waals surface area contributed by atoms with Crippen LogP contribution in [0.2, 0.25) is 0 Å². The Morgan fingerprint density at radius 1 is 1.00 bits per heavy atom. The third-order valence-electron chi connectivity index (χ3n) is 5.38. The van der Waals surface area contributed by atoms with Crippen molar-refractivity contribution in [1.29, 1.82) is 0 Å². The van der Waals surface area contributed by atoms with Gasteiger partial charge in [0.05, 0.1) is 19.0 Å². The second kappa shape index (κ2) is 14.8. The van der Waals surface area contributed by atoms with E-state index in [1.54, 1.807) is 12.1 Å². The predicted molar refractivity (Wildman–Crippen MR) is 136 cm³/mol. The van der Waals surface area contributed by atoms with E-state index in [2.05, 4.69) is 25.9 Å². The normalized spacial score (nSPS) is 14.1. The molecule has 0 bridgehead atoms. The van der Waals surface area contributed by atoms with E-state index in [9.17, 15) is 34.5 Å². The first-order valence-corrected chi connectivity index (χ1v) is 12.8. The molecule has 1 aromatic carbocycles. The lowest BCUT2D eigenvalue weighted by molar-refractivity contribution is -0.143. The zero-order valence-corrected chi connectivity index (χ0v) is 21.0.